The first kappa shape index (κ1) is 16.0. The van der Waals surface area contributed by atoms with Crippen LogP contribution in [0, 0.1) is 0 Å². The normalized spacial score (nSPS) is 18.7. The molecule has 0 aromatic heterocycles. The number of aromatic carboxylic acids is 1. The van der Waals surface area contributed by atoms with Crippen LogP contribution in [0.5, 0.6) is 0 Å². The summed E-state index contributed by atoms with van der Waals surface area (Å²) in [6.07, 6.45) is 1.85. The number of hydrogen-bond acceptors (Lipinski definition) is 5. The van der Waals surface area contributed by atoms with Gasteiger partial charge in [0, 0.05) is 13.2 Å². The van der Waals surface area contributed by atoms with Gasteiger partial charge in [-0.1, -0.05) is 11.6 Å². The van der Waals surface area contributed by atoms with Crippen molar-refractivity contribution >= 4 is 33.3 Å². The fourth-order valence-corrected chi connectivity index (χ4v) is 3.22. The molecule has 1 aliphatic heterocycles. The molecule has 0 radical (unpaired) electrons. The van der Waals surface area contributed by atoms with Gasteiger partial charge in [-0.25, -0.2) is 18.4 Å². The average molecular weight is 335 g/mol. The number of carboxylic acid groups (broad SMARTS) is 1. The summed E-state index contributed by atoms with van der Waals surface area (Å²) in [5.41, 5.74) is 0.0248. The van der Waals surface area contributed by atoms with E-state index in [1.165, 1.54) is 6.07 Å². The lowest BCUT2D eigenvalue weighted by molar-refractivity contribution is 0.0697. The zero-order chi connectivity index (χ0) is 15.6. The lowest BCUT2D eigenvalue weighted by Gasteiger charge is -2.15. The molecular formula is C12H15ClN2O5S. The Kier molecular flexibility index (Phi) is 4.72. The van der Waals surface area contributed by atoms with Crippen LogP contribution in [0.2, 0.25) is 5.02 Å². The number of carboxylic acids is 1. The first-order chi connectivity index (χ1) is 9.79. The molecule has 2 rings (SSSR count). The van der Waals surface area contributed by atoms with E-state index in [9.17, 15) is 18.3 Å². The summed E-state index contributed by atoms with van der Waals surface area (Å²) in [5, 5.41) is 17.0. The summed E-state index contributed by atoms with van der Waals surface area (Å²) in [6, 6.07) is 2.21. The van der Waals surface area contributed by atoms with Gasteiger partial charge >= 0.3 is 5.97 Å². The van der Waals surface area contributed by atoms with Crippen molar-refractivity contribution in [3.8, 4) is 0 Å². The van der Waals surface area contributed by atoms with Crippen molar-refractivity contribution in [1.29, 1.82) is 0 Å². The minimum atomic E-state index is -4.08. The zero-order valence-corrected chi connectivity index (χ0v) is 12.6. The fourth-order valence-electron chi connectivity index (χ4n) is 2.12. The molecule has 1 fully saturated rings. The molecule has 1 aromatic rings. The highest BCUT2D eigenvalue weighted by atomic mass is 35.5. The lowest BCUT2D eigenvalue weighted by Crippen LogP contribution is -2.20. The van der Waals surface area contributed by atoms with Crippen molar-refractivity contribution in [2.75, 3.05) is 18.5 Å². The molecule has 21 heavy (non-hydrogen) atoms. The monoisotopic (exact) mass is 334 g/mol. The van der Waals surface area contributed by atoms with Crippen molar-refractivity contribution in [2.24, 2.45) is 5.14 Å². The van der Waals surface area contributed by atoms with E-state index in [4.69, 9.17) is 21.5 Å². The van der Waals surface area contributed by atoms with Crippen LogP contribution in [-0.4, -0.2) is 38.7 Å². The molecule has 1 saturated heterocycles. The topological polar surface area (TPSA) is 119 Å². The highest BCUT2D eigenvalue weighted by molar-refractivity contribution is 7.89. The van der Waals surface area contributed by atoms with E-state index in [-0.39, 0.29) is 22.4 Å². The number of anilines is 1. The van der Waals surface area contributed by atoms with Gasteiger partial charge in [0.15, 0.2) is 0 Å². The van der Waals surface area contributed by atoms with Crippen molar-refractivity contribution < 1.29 is 23.1 Å². The maximum atomic E-state index is 11.4. The Hall–Kier alpha value is -1.35. The molecule has 9 heteroatoms. The van der Waals surface area contributed by atoms with Crippen molar-refractivity contribution in [3.63, 3.8) is 0 Å². The number of hydrogen-bond donors (Lipinski definition) is 3. The summed E-state index contributed by atoms with van der Waals surface area (Å²) < 4.78 is 28.2. The van der Waals surface area contributed by atoms with Gasteiger partial charge in [0.1, 0.15) is 4.90 Å². The third-order valence-electron chi connectivity index (χ3n) is 3.15. The molecule has 116 valence electrons. The second-order valence-corrected chi connectivity index (χ2v) is 6.63. The van der Waals surface area contributed by atoms with Gasteiger partial charge in [0.25, 0.3) is 0 Å². The number of benzene rings is 1. The van der Waals surface area contributed by atoms with Gasteiger partial charge in [-0.2, -0.15) is 0 Å². The quantitative estimate of drug-likeness (QED) is 0.746. The number of ether oxygens (including phenoxy) is 1. The average Bonchev–Trinajstić information content (AvgIpc) is 2.87. The number of carbonyl (C=O) groups is 1. The summed E-state index contributed by atoms with van der Waals surface area (Å²) in [5.74, 6) is -1.27. The maximum Gasteiger partial charge on any atom is 0.337 e. The molecule has 0 spiro atoms. The van der Waals surface area contributed by atoms with E-state index in [0.29, 0.717) is 13.2 Å². The number of sulfonamides is 1. The number of halogens is 1. The zero-order valence-electron chi connectivity index (χ0n) is 11.0. The molecule has 1 atom stereocenters. The van der Waals surface area contributed by atoms with E-state index < -0.39 is 20.9 Å². The van der Waals surface area contributed by atoms with Crippen molar-refractivity contribution in [1.82, 2.24) is 0 Å². The van der Waals surface area contributed by atoms with Crippen LogP contribution in [0.15, 0.2) is 17.0 Å². The minimum Gasteiger partial charge on any atom is -0.478 e. The van der Waals surface area contributed by atoms with Crippen LogP contribution in [0.3, 0.4) is 0 Å². The SMILES string of the molecule is NS(=O)(=O)c1cc(C(=O)O)c(NCC2CCCO2)cc1Cl. The van der Waals surface area contributed by atoms with Gasteiger partial charge in [-0.05, 0) is 25.0 Å². The predicted molar refractivity (Wildman–Crippen MR) is 77.2 cm³/mol. The predicted octanol–water partition coefficient (Wildman–Crippen LogP) is 1.28. The molecule has 7 nitrogen and oxygen atoms in total. The summed E-state index contributed by atoms with van der Waals surface area (Å²) in [4.78, 5) is 10.8. The molecule has 0 aliphatic carbocycles. The molecule has 1 heterocycles. The van der Waals surface area contributed by atoms with E-state index in [2.05, 4.69) is 5.32 Å². The number of nitrogens with one attached hydrogen (secondary N) is 1. The van der Waals surface area contributed by atoms with E-state index >= 15 is 0 Å². The number of rotatable bonds is 5. The van der Waals surface area contributed by atoms with Crippen molar-refractivity contribution in [3.05, 3.63) is 22.7 Å². The minimum absolute atomic E-state index is 0.00309. The largest absolute Gasteiger partial charge is 0.478 e. The van der Waals surface area contributed by atoms with Gasteiger partial charge in [-0.3, -0.25) is 0 Å². The van der Waals surface area contributed by atoms with Crippen LogP contribution in [0.4, 0.5) is 5.69 Å². The van der Waals surface area contributed by atoms with Crippen LogP contribution in [0.25, 0.3) is 0 Å². The molecule has 0 bridgehead atoms. The molecule has 4 N–H and O–H groups in total. The Balaban J connectivity index is 2.31. The first-order valence-corrected chi connectivity index (χ1v) is 8.16. The lowest BCUT2D eigenvalue weighted by atomic mass is 10.1. The highest BCUT2D eigenvalue weighted by Gasteiger charge is 2.21. The van der Waals surface area contributed by atoms with Crippen LogP contribution < -0.4 is 10.5 Å². The highest BCUT2D eigenvalue weighted by Crippen LogP contribution is 2.28. The summed E-state index contributed by atoms with van der Waals surface area (Å²) in [6.45, 7) is 1.11. The second-order valence-electron chi connectivity index (χ2n) is 4.69. The Morgan fingerprint density at radius 3 is 2.76 bits per heavy atom. The van der Waals surface area contributed by atoms with E-state index in [0.717, 1.165) is 18.9 Å². The molecule has 1 aliphatic rings. The Labute approximate surface area is 127 Å². The third-order valence-corrected chi connectivity index (χ3v) is 4.53. The fraction of sp³-hybridized carbons (Fsp3) is 0.417. The van der Waals surface area contributed by atoms with E-state index in [1.54, 1.807) is 0 Å². The van der Waals surface area contributed by atoms with Gasteiger partial charge in [-0.15, -0.1) is 0 Å². The Morgan fingerprint density at radius 1 is 1.52 bits per heavy atom. The van der Waals surface area contributed by atoms with Crippen molar-refractivity contribution in [2.45, 2.75) is 23.8 Å². The smallest absolute Gasteiger partial charge is 0.337 e. The second kappa shape index (κ2) is 6.18. The molecule has 0 amide bonds. The van der Waals surface area contributed by atoms with Gasteiger partial charge < -0.3 is 15.2 Å². The summed E-state index contributed by atoms with van der Waals surface area (Å²) in [7, 11) is -4.08. The number of nitrogens with two attached hydrogens (primary N) is 1. The van der Waals surface area contributed by atoms with Gasteiger partial charge in [0.05, 0.1) is 22.4 Å². The van der Waals surface area contributed by atoms with Gasteiger partial charge in [0.2, 0.25) is 10.0 Å². The Bertz CT molecular complexity index is 656. The van der Waals surface area contributed by atoms with Crippen LogP contribution in [-0.2, 0) is 14.8 Å². The van der Waals surface area contributed by atoms with E-state index in [1.807, 2.05) is 0 Å². The first-order valence-electron chi connectivity index (χ1n) is 6.24. The molecular weight excluding hydrogens is 320 g/mol. The summed E-state index contributed by atoms with van der Waals surface area (Å²) >= 11 is 5.86. The maximum absolute atomic E-state index is 11.4. The molecule has 1 unspecified atom stereocenters. The molecule has 1 aromatic carbocycles. The van der Waals surface area contributed by atoms with Crippen LogP contribution in [0.1, 0.15) is 23.2 Å². The third kappa shape index (κ3) is 3.85. The Morgan fingerprint density at radius 2 is 2.24 bits per heavy atom. The van der Waals surface area contributed by atoms with Crippen LogP contribution >= 0.6 is 11.6 Å². The number of primary sulfonamides is 1. The standard InChI is InChI=1S/C12H15ClN2O5S/c13-9-5-10(15-6-7-2-1-3-20-7)8(12(16)17)4-11(9)21(14,18)19/h4-5,7,15H,1-3,6H2,(H,16,17)(H2,14,18,19). The molecule has 0 saturated carbocycles.